The minimum absolute atomic E-state index is 0.0741. The predicted octanol–water partition coefficient (Wildman–Crippen LogP) is 5.65. The summed E-state index contributed by atoms with van der Waals surface area (Å²) >= 11 is 0. The predicted molar refractivity (Wildman–Crippen MR) is 178 cm³/mol. The summed E-state index contributed by atoms with van der Waals surface area (Å²) in [4.78, 5) is 19.9. The number of ether oxygens (including phenoxy) is 1. The minimum atomic E-state index is -0.441. The number of methoxy groups -OCH3 is 1. The van der Waals surface area contributed by atoms with Crippen LogP contribution in [0.25, 0.3) is 22.0 Å². The van der Waals surface area contributed by atoms with E-state index in [1.165, 1.54) is 6.07 Å². The molecule has 0 aliphatic carbocycles. The van der Waals surface area contributed by atoms with Gasteiger partial charge in [0.1, 0.15) is 11.6 Å². The van der Waals surface area contributed by atoms with E-state index in [-0.39, 0.29) is 30.1 Å². The van der Waals surface area contributed by atoms with Gasteiger partial charge in [0.25, 0.3) is 0 Å². The SMILES string of the molecule is COCCCn1c(C2CCCN(C(=O)CC(N)Cc3ccc(-c4ccc(NCC(C)O)nc4)cc3)C2)c(C)c2cccc(F)c21. The van der Waals surface area contributed by atoms with Crippen LogP contribution in [0.5, 0.6) is 0 Å². The van der Waals surface area contributed by atoms with Crippen molar-refractivity contribution in [2.75, 3.05) is 38.7 Å². The highest BCUT2D eigenvalue weighted by Gasteiger charge is 2.30. The van der Waals surface area contributed by atoms with Crippen molar-refractivity contribution in [3.05, 3.63) is 83.4 Å². The van der Waals surface area contributed by atoms with Crippen molar-refractivity contribution < 1.29 is 19.0 Å². The van der Waals surface area contributed by atoms with E-state index in [0.717, 1.165) is 65.0 Å². The van der Waals surface area contributed by atoms with E-state index in [1.54, 1.807) is 20.1 Å². The van der Waals surface area contributed by atoms with Gasteiger partial charge in [-0.05, 0) is 74.4 Å². The Morgan fingerprint density at radius 1 is 1.18 bits per heavy atom. The third kappa shape index (κ3) is 7.90. The number of carbonyl (C=O) groups excluding carboxylic acids is 1. The van der Waals surface area contributed by atoms with Gasteiger partial charge in [-0.15, -0.1) is 0 Å². The normalized spacial score (nSPS) is 16.6. The monoisotopic (exact) mass is 615 g/mol. The van der Waals surface area contributed by atoms with Crippen molar-refractivity contribution in [1.29, 1.82) is 0 Å². The number of anilines is 1. The quantitative estimate of drug-likeness (QED) is 0.168. The second-order valence-electron chi connectivity index (χ2n) is 12.4. The largest absolute Gasteiger partial charge is 0.392 e. The lowest BCUT2D eigenvalue weighted by Gasteiger charge is -2.34. The number of aromatic nitrogens is 2. The molecule has 9 heteroatoms. The van der Waals surface area contributed by atoms with Crippen LogP contribution < -0.4 is 11.1 Å². The molecule has 4 N–H and O–H groups in total. The first-order chi connectivity index (χ1) is 21.7. The summed E-state index contributed by atoms with van der Waals surface area (Å²) in [5.41, 5.74) is 12.5. The molecule has 0 bridgehead atoms. The number of amides is 1. The molecule has 2 aromatic heterocycles. The van der Waals surface area contributed by atoms with Crippen molar-refractivity contribution in [1.82, 2.24) is 14.5 Å². The Morgan fingerprint density at radius 3 is 2.67 bits per heavy atom. The van der Waals surface area contributed by atoms with Crippen molar-refractivity contribution in [2.24, 2.45) is 5.73 Å². The number of pyridine rings is 1. The molecular weight excluding hydrogens is 569 g/mol. The number of aryl methyl sites for hydroxylation is 2. The molecule has 0 spiro atoms. The van der Waals surface area contributed by atoms with Gasteiger partial charge in [-0.25, -0.2) is 9.37 Å². The van der Waals surface area contributed by atoms with Crippen molar-refractivity contribution >= 4 is 22.6 Å². The second kappa shape index (κ2) is 15.0. The van der Waals surface area contributed by atoms with Gasteiger partial charge in [0.05, 0.1) is 11.6 Å². The molecule has 45 heavy (non-hydrogen) atoms. The zero-order valence-electron chi connectivity index (χ0n) is 26.6. The number of aliphatic hydroxyl groups is 1. The van der Waals surface area contributed by atoms with E-state index in [4.69, 9.17) is 10.5 Å². The van der Waals surface area contributed by atoms with Crippen LogP contribution in [0.4, 0.5) is 10.2 Å². The highest BCUT2D eigenvalue weighted by Crippen LogP contribution is 2.37. The van der Waals surface area contributed by atoms with Crippen molar-refractivity contribution in [3.63, 3.8) is 0 Å². The Morgan fingerprint density at radius 2 is 1.96 bits per heavy atom. The number of likely N-dealkylation sites (tertiary alicyclic amines) is 1. The fourth-order valence-corrected chi connectivity index (χ4v) is 6.59. The van der Waals surface area contributed by atoms with Crippen LogP contribution in [-0.2, 0) is 22.5 Å². The number of nitrogens with one attached hydrogen (secondary N) is 1. The van der Waals surface area contributed by atoms with Crippen LogP contribution in [0.3, 0.4) is 0 Å². The molecule has 8 nitrogen and oxygen atoms in total. The number of hydrogen-bond donors (Lipinski definition) is 3. The fourth-order valence-electron chi connectivity index (χ4n) is 6.59. The van der Waals surface area contributed by atoms with Crippen LogP contribution >= 0.6 is 0 Å². The summed E-state index contributed by atoms with van der Waals surface area (Å²) in [5, 5.41) is 13.5. The maximum Gasteiger partial charge on any atom is 0.224 e. The molecule has 3 unspecified atom stereocenters. The average Bonchev–Trinajstić information content (AvgIpc) is 3.33. The lowest BCUT2D eigenvalue weighted by Crippen LogP contribution is -2.42. The Kier molecular flexibility index (Phi) is 10.9. The number of aliphatic hydroxyl groups excluding tert-OH is 1. The standard InChI is InChI=1S/C36H46FN5O3/c1-24(43)21-39-33-15-14-28(22-40-33)27-12-10-26(11-13-27)19-30(38)20-34(44)41-16-5-7-29(23-41)35-25(2)31-8-4-9-32(37)36(31)42(35)17-6-18-45-3/h4,8-15,22,24,29-30,43H,5-7,16-21,23,38H2,1-3H3,(H,39,40). The van der Waals surface area contributed by atoms with Crippen molar-refractivity contribution in [3.8, 4) is 11.1 Å². The van der Waals surface area contributed by atoms with E-state index in [1.807, 2.05) is 29.3 Å². The van der Waals surface area contributed by atoms with E-state index in [0.29, 0.717) is 38.2 Å². The lowest BCUT2D eigenvalue weighted by molar-refractivity contribution is -0.132. The highest BCUT2D eigenvalue weighted by molar-refractivity contribution is 5.86. The summed E-state index contributed by atoms with van der Waals surface area (Å²) in [6.07, 6.45) is 4.91. The van der Waals surface area contributed by atoms with E-state index >= 15 is 4.39 Å². The van der Waals surface area contributed by atoms with Crippen LogP contribution in [0.1, 0.15) is 55.3 Å². The van der Waals surface area contributed by atoms with Crippen LogP contribution in [0, 0.1) is 12.7 Å². The molecule has 4 aromatic rings. The Bertz CT molecular complexity index is 1570. The summed E-state index contributed by atoms with van der Waals surface area (Å²) in [5.74, 6) is 0.724. The number of nitrogens with zero attached hydrogens (tertiary/aromatic N) is 3. The van der Waals surface area contributed by atoms with E-state index in [9.17, 15) is 9.90 Å². The number of nitrogens with two attached hydrogens (primary N) is 1. The molecule has 1 saturated heterocycles. The maximum absolute atomic E-state index is 15.1. The molecule has 5 rings (SSSR count). The summed E-state index contributed by atoms with van der Waals surface area (Å²) in [7, 11) is 1.68. The molecule has 240 valence electrons. The van der Waals surface area contributed by atoms with Gasteiger partial charge < -0.3 is 30.4 Å². The highest BCUT2D eigenvalue weighted by atomic mass is 19.1. The van der Waals surface area contributed by atoms with Crippen LogP contribution in [-0.4, -0.2) is 71.0 Å². The molecule has 2 aromatic carbocycles. The van der Waals surface area contributed by atoms with Gasteiger partial charge >= 0.3 is 0 Å². The fraction of sp³-hybridized carbons (Fsp3) is 0.444. The number of rotatable bonds is 13. The summed E-state index contributed by atoms with van der Waals surface area (Å²) < 4.78 is 22.5. The zero-order chi connectivity index (χ0) is 31.9. The Labute approximate surface area is 265 Å². The number of halogens is 1. The molecule has 3 atom stereocenters. The molecule has 1 aliphatic rings. The van der Waals surface area contributed by atoms with Crippen LogP contribution in [0.15, 0.2) is 60.8 Å². The summed E-state index contributed by atoms with van der Waals surface area (Å²) in [6, 6.07) is 17.1. The van der Waals surface area contributed by atoms with Gasteiger partial charge in [0.2, 0.25) is 5.91 Å². The zero-order valence-corrected chi connectivity index (χ0v) is 26.6. The van der Waals surface area contributed by atoms with E-state index in [2.05, 4.69) is 46.1 Å². The van der Waals surface area contributed by atoms with Crippen molar-refractivity contribution in [2.45, 2.75) is 70.6 Å². The number of carbonyl (C=O) groups is 1. The van der Waals surface area contributed by atoms with Crippen LogP contribution in [0.2, 0.25) is 0 Å². The molecule has 1 aliphatic heterocycles. The Balaban J connectivity index is 1.21. The number of hydrogen-bond acceptors (Lipinski definition) is 6. The first-order valence-corrected chi connectivity index (χ1v) is 16.0. The number of fused-ring (bicyclic) bond motifs is 1. The number of benzene rings is 2. The smallest absolute Gasteiger partial charge is 0.224 e. The lowest BCUT2D eigenvalue weighted by atomic mass is 9.91. The van der Waals surface area contributed by atoms with Gasteiger partial charge in [-0.2, -0.15) is 0 Å². The maximum atomic E-state index is 15.1. The molecular formula is C36H46FN5O3. The second-order valence-corrected chi connectivity index (χ2v) is 12.4. The van der Waals surface area contributed by atoms with Gasteiger partial charge in [0, 0.05) is 81.1 Å². The number of para-hydroxylation sites is 1. The third-order valence-electron chi connectivity index (χ3n) is 8.79. The average molecular weight is 616 g/mol. The number of piperidine rings is 1. The topological polar surface area (TPSA) is 106 Å². The van der Waals surface area contributed by atoms with Gasteiger partial charge in [-0.1, -0.05) is 36.4 Å². The molecule has 0 saturated carbocycles. The minimum Gasteiger partial charge on any atom is -0.392 e. The molecule has 3 heterocycles. The summed E-state index contributed by atoms with van der Waals surface area (Å²) in [6.45, 7) is 6.87. The third-order valence-corrected chi connectivity index (χ3v) is 8.79. The molecule has 1 amide bonds. The molecule has 1 fully saturated rings. The first-order valence-electron chi connectivity index (χ1n) is 16.0. The Hall–Kier alpha value is -3.79. The van der Waals surface area contributed by atoms with Gasteiger partial charge in [-0.3, -0.25) is 4.79 Å². The first kappa shape index (κ1) is 32.6. The molecule has 0 radical (unpaired) electrons. The van der Waals surface area contributed by atoms with E-state index < -0.39 is 6.10 Å². The van der Waals surface area contributed by atoms with Gasteiger partial charge in [0.15, 0.2) is 0 Å².